The molecule has 0 N–H and O–H groups in total. The first-order valence-electron chi connectivity index (χ1n) is 7.28. The summed E-state index contributed by atoms with van der Waals surface area (Å²) in [6.45, 7) is 5.99. The molecule has 0 spiro atoms. The van der Waals surface area contributed by atoms with E-state index in [1.807, 2.05) is 13.8 Å². The number of nitrogens with zero attached hydrogens (tertiary/aromatic N) is 1. The summed E-state index contributed by atoms with van der Waals surface area (Å²) in [5.41, 5.74) is 0. The van der Waals surface area contributed by atoms with Crippen LogP contribution in [-0.2, 0) is 14.8 Å². The van der Waals surface area contributed by atoms with Crippen LogP contribution in [0.25, 0.3) is 0 Å². The Morgan fingerprint density at radius 3 is 2.05 bits per heavy atom. The Morgan fingerprint density at radius 1 is 1.00 bits per heavy atom. The first kappa shape index (κ1) is 17.9. The standard InChI is InChI=1S/C15H25NO4S/c1-4-10-16(11-5-2)21(17,18)15-8-6-14(7-9-15)20-13-12-19-3/h6-9H,4-5,10-13H2,1-3H3. The number of hydrogen-bond donors (Lipinski definition) is 0. The molecule has 6 heteroatoms. The van der Waals surface area contributed by atoms with E-state index in [0.717, 1.165) is 12.8 Å². The van der Waals surface area contributed by atoms with Crippen LogP contribution in [0.4, 0.5) is 0 Å². The summed E-state index contributed by atoms with van der Waals surface area (Å²) < 4.78 is 37.0. The Bertz CT molecular complexity index is 493. The molecule has 0 radical (unpaired) electrons. The van der Waals surface area contributed by atoms with Crippen LogP contribution >= 0.6 is 0 Å². The highest BCUT2D eigenvalue weighted by molar-refractivity contribution is 7.89. The SMILES string of the molecule is CCCN(CCC)S(=O)(=O)c1ccc(OCCOC)cc1. The lowest BCUT2D eigenvalue weighted by Crippen LogP contribution is -2.32. The van der Waals surface area contributed by atoms with Crippen molar-refractivity contribution in [3.8, 4) is 5.75 Å². The molecule has 1 aromatic rings. The van der Waals surface area contributed by atoms with E-state index in [-0.39, 0.29) is 0 Å². The molecule has 5 nitrogen and oxygen atoms in total. The molecule has 0 saturated carbocycles. The second-order valence-corrected chi connectivity index (χ2v) is 6.65. The third-order valence-electron chi connectivity index (χ3n) is 2.96. The van der Waals surface area contributed by atoms with Crippen molar-refractivity contribution in [2.75, 3.05) is 33.4 Å². The highest BCUT2D eigenvalue weighted by atomic mass is 32.2. The van der Waals surface area contributed by atoms with Crippen molar-refractivity contribution in [2.24, 2.45) is 0 Å². The molecular weight excluding hydrogens is 290 g/mol. The Kier molecular flexibility index (Phi) is 7.71. The van der Waals surface area contributed by atoms with E-state index < -0.39 is 10.0 Å². The smallest absolute Gasteiger partial charge is 0.243 e. The van der Waals surface area contributed by atoms with E-state index in [0.29, 0.717) is 36.9 Å². The molecule has 0 unspecified atom stereocenters. The summed E-state index contributed by atoms with van der Waals surface area (Å²) in [5, 5.41) is 0. The molecule has 0 aliphatic carbocycles. The molecular formula is C15H25NO4S. The number of hydrogen-bond acceptors (Lipinski definition) is 4. The van der Waals surface area contributed by atoms with Crippen molar-refractivity contribution in [2.45, 2.75) is 31.6 Å². The summed E-state index contributed by atoms with van der Waals surface area (Å²) in [4.78, 5) is 0.309. The van der Waals surface area contributed by atoms with Gasteiger partial charge in [-0.1, -0.05) is 13.8 Å². The normalized spacial score (nSPS) is 11.8. The highest BCUT2D eigenvalue weighted by Crippen LogP contribution is 2.20. The monoisotopic (exact) mass is 315 g/mol. The molecule has 120 valence electrons. The summed E-state index contributed by atoms with van der Waals surface area (Å²) in [6, 6.07) is 6.54. The fraction of sp³-hybridized carbons (Fsp3) is 0.600. The molecule has 0 amide bonds. The van der Waals surface area contributed by atoms with Gasteiger partial charge in [-0.15, -0.1) is 0 Å². The molecule has 1 aromatic carbocycles. The maximum Gasteiger partial charge on any atom is 0.243 e. The average molecular weight is 315 g/mol. The van der Waals surface area contributed by atoms with Gasteiger partial charge in [0, 0.05) is 20.2 Å². The minimum atomic E-state index is -3.41. The van der Waals surface area contributed by atoms with Crippen LogP contribution < -0.4 is 4.74 Å². The number of ether oxygens (including phenoxy) is 2. The minimum Gasteiger partial charge on any atom is -0.491 e. The molecule has 0 fully saturated rings. The fourth-order valence-corrected chi connectivity index (χ4v) is 3.57. The molecule has 0 atom stereocenters. The van der Waals surface area contributed by atoms with Crippen LogP contribution in [0.15, 0.2) is 29.2 Å². The van der Waals surface area contributed by atoms with Crippen LogP contribution in [0.1, 0.15) is 26.7 Å². The molecule has 0 saturated heterocycles. The second-order valence-electron chi connectivity index (χ2n) is 4.72. The van der Waals surface area contributed by atoms with Crippen LogP contribution in [0.2, 0.25) is 0 Å². The predicted octanol–water partition coefficient (Wildman–Crippen LogP) is 2.52. The van der Waals surface area contributed by atoms with Crippen LogP contribution in [-0.4, -0.2) is 46.1 Å². The zero-order valence-electron chi connectivity index (χ0n) is 13.0. The molecule has 0 aromatic heterocycles. The number of methoxy groups -OCH3 is 1. The van der Waals surface area contributed by atoms with Gasteiger partial charge in [0.15, 0.2) is 0 Å². The third kappa shape index (κ3) is 5.30. The maximum absolute atomic E-state index is 12.5. The molecule has 0 bridgehead atoms. The van der Waals surface area contributed by atoms with Gasteiger partial charge in [0.25, 0.3) is 0 Å². The van der Waals surface area contributed by atoms with Gasteiger partial charge >= 0.3 is 0 Å². The summed E-state index contributed by atoms with van der Waals surface area (Å²) >= 11 is 0. The van der Waals surface area contributed by atoms with E-state index in [4.69, 9.17) is 9.47 Å². The average Bonchev–Trinajstić information content (AvgIpc) is 2.48. The van der Waals surface area contributed by atoms with E-state index in [9.17, 15) is 8.42 Å². The zero-order chi connectivity index (χ0) is 15.7. The maximum atomic E-state index is 12.5. The number of benzene rings is 1. The van der Waals surface area contributed by atoms with Crippen molar-refractivity contribution in [3.63, 3.8) is 0 Å². The lowest BCUT2D eigenvalue weighted by molar-refractivity contribution is 0.146. The lowest BCUT2D eigenvalue weighted by Gasteiger charge is -2.21. The van der Waals surface area contributed by atoms with Gasteiger partial charge < -0.3 is 9.47 Å². The molecule has 21 heavy (non-hydrogen) atoms. The number of rotatable bonds is 10. The zero-order valence-corrected chi connectivity index (χ0v) is 13.9. The summed E-state index contributed by atoms with van der Waals surface area (Å²) in [7, 11) is -1.81. The first-order valence-corrected chi connectivity index (χ1v) is 8.72. The Labute approximate surface area is 127 Å². The topological polar surface area (TPSA) is 55.8 Å². The van der Waals surface area contributed by atoms with Gasteiger partial charge in [-0.2, -0.15) is 4.31 Å². The molecule has 0 aliphatic rings. The van der Waals surface area contributed by atoms with Gasteiger partial charge in [-0.25, -0.2) is 8.42 Å². The van der Waals surface area contributed by atoms with E-state index in [1.54, 1.807) is 31.4 Å². The van der Waals surface area contributed by atoms with Gasteiger partial charge in [0.05, 0.1) is 11.5 Å². The molecule has 0 aliphatic heterocycles. The Balaban J connectivity index is 2.82. The largest absolute Gasteiger partial charge is 0.491 e. The molecule has 1 rings (SSSR count). The van der Waals surface area contributed by atoms with Crippen molar-refractivity contribution in [1.29, 1.82) is 0 Å². The number of sulfonamides is 1. The van der Waals surface area contributed by atoms with Gasteiger partial charge in [0.1, 0.15) is 12.4 Å². The highest BCUT2D eigenvalue weighted by Gasteiger charge is 2.22. The van der Waals surface area contributed by atoms with Crippen molar-refractivity contribution in [3.05, 3.63) is 24.3 Å². The quantitative estimate of drug-likeness (QED) is 0.623. The minimum absolute atomic E-state index is 0.309. The Hall–Kier alpha value is -1.11. The van der Waals surface area contributed by atoms with Crippen molar-refractivity contribution < 1.29 is 17.9 Å². The third-order valence-corrected chi connectivity index (χ3v) is 4.88. The van der Waals surface area contributed by atoms with Crippen molar-refractivity contribution in [1.82, 2.24) is 4.31 Å². The summed E-state index contributed by atoms with van der Waals surface area (Å²) in [5.74, 6) is 0.642. The fourth-order valence-electron chi connectivity index (χ4n) is 1.95. The van der Waals surface area contributed by atoms with Gasteiger partial charge in [0.2, 0.25) is 10.0 Å². The lowest BCUT2D eigenvalue weighted by atomic mass is 10.3. The van der Waals surface area contributed by atoms with Crippen LogP contribution in [0.3, 0.4) is 0 Å². The van der Waals surface area contributed by atoms with E-state index >= 15 is 0 Å². The molecule has 0 heterocycles. The predicted molar refractivity (Wildman–Crippen MR) is 83.2 cm³/mol. The first-order chi connectivity index (χ1) is 10.1. The van der Waals surface area contributed by atoms with E-state index in [1.165, 1.54) is 4.31 Å². The summed E-state index contributed by atoms with van der Waals surface area (Å²) in [6.07, 6.45) is 1.61. The van der Waals surface area contributed by atoms with E-state index in [2.05, 4.69) is 0 Å². The Morgan fingerprint density at radius 2 is 1.57 bits per heavy atom. The van der Waals surface area contributed by atoms with Gasteiger partial charge in [-0.3, -0.25) is 0 Å². The van der Waals surface area contributed by atoms with Crippen LogP contribution in [0.5, 0.6) is 5.75 Å². The van der Waals surface area contributed by atoms with Gasteiger partial charge in [-0.05, 0) is 37.1 Å². The van der Waals surface area contributed by atoms with Crippen molar-refractivity contribution >= 4 is 10.0 Å². The second kappa shape index (κ2) is 9.02. The van der Waals surface area contributed by atoms with Crippen LogP contribution in [0, 0.1) is 0 Å².